The molecule has 6 N–H and O–H groups in total. The van der Waals surface area contributed by atoms with E-state index in [0.29, 0.717) is 11.4 Å². The summed E-state index contributed by atoms with van der Waals surface area (Å²) in [5.41, 5.74) is 12.3. The Bertz CT molecular complexity index is 584. The van der Waals surface area contributed by atoms with Crippen LogP contribution < -0.4 is 11.5 Å². The van der Waals surface area contributed by atoms with Crippen molar-refractivity contribution in [3.63, 3.8) is 0 Å². The van der Waals surface area contributed by atoms with Crippen molar-refractivity contribution in [3.05, 3.63) is 59.7 Å². The summed E-state index contributed by atoms with van der Waals surface area (Å²) in [6.07, 6.45) is 3.28. The van der Waals surface area contributed by atoms with Crippen LogP contribution in [-0.2, 0) is 11.2 Å². The molecule has 0 atom stereocenters. The molecule has 0 unspecified atom stereocenters. The second-order valence-electron chi connectivity index (χ2n) is 4.60. The Morgan fingerprint density at radius 2 is 1.00 bits per heavy atom. The van der Waals surface area contributed by atoms with Crippen molar-refractivity contribution in [1.29, 1.82) is 0 Å². The number of anilines is 2. The van der Waals surface area contributed by atoms with Gasteiger partial charge in [-0.3, -0.25) is 0 Å². The lowest BCUT2D eigenvalue weighted by molar-refractivity contribution is 0.0686. The number of rotatable bonds is 2. The van der Waals surface area contributed by atoms with Crippen molar-refractivity contribution in [1.82, 2.24) is 0 Å². The first-order valence-corrected chi connectivity index (χ1v) is 8.53. The molecule has 2 aromatic rings. The Kier molecular flexibility index (Phi) is 9.69. The van der Waals surface area contributed by atoms with Gasteiger partial charge in [0.2, 0.25) is 0 Å². The van der Waals surface area contributed by atoms with Crippen molar-refractivity contribution < 1.29 is 24.4 Å². The Balaban J connectivity index is 0.000000363. The molecule has 0 aromatic heterocycles. The first-order valence-electron chi connectivity index (χ1n) is 6.56. The topological polar surface area (TPSA) is 150 Å². The van der Waals surface area contributed by atoms with Crippen LogP contribution in [-0.4, -0.2) is 39.2 Å². The first kappa shape index (κ1) is 21.3. The molecule has 24 heavy (non-hydrogen) atoms. The fourth-order valence-electron chi connectivity index (χ4n) is 1.25. The molecule has 0 spiro atoms. The van der Waals surface area contributed by atoms with Gasteiger partial charge in [-0.1, -0.05) is 11.2 Å². The molecule has 2 rings (SSSR count). The Labute approximate surface area is 143 Å². The molecule has 0 aliphatic rings. The summed E-state index contributed by atoms with van der Waals surface area (Å²) < 4.78 is 9.56. The molecule has 130 valence electrons. The maximum Gasteiger partial charge on any atom is 0.335 e. The average Bonchev–Trinajstić information content (AvgIpc) is 2.48. The van der Waals surface area contributed by atoms with Crippen molar-refractivity contribution in [2.45, 2.75) is 0 Å². The van der Waals surface area contributed by atoms with Crippen LogP contribution in [0, 0.1) is 0 Å². The fraction of sp³-hybridized carbons (Fsp3) is 0.125. The second kappa shape index (κ2) is 10.9. The third-order valence-corrected chi connectivity index (χ3v) is 2.32. The lowest BCUT2D eigenvalue weighted by Crippen LogP contribution is -1.95. The highest BCUT2D eigenvalue weighted by atomic mass is 32.2. The summed E-state index contributed by atoms with van der Waals surface area (Å²) in [6, 6.07) is 12.1. The minimum atomic E-state index is -0.931. The maximum atomic E-state index is 10.3. The summed E-state index contributed by atoms with van der Waals surface area (Å²) in [5, 5.41) is 16.9. The SMILES string of the molecule is C[S+](C)[O-].Nc1ccc(C(=O)O)cc1.Nc1ccc(C(=O)O)cc1. The Hall–Kier alpha value is -2.71. The summed E-state index contributed by atoms with van der Waals surface area (Å²) in [4.78, 5) is 20.5. The molecule has 2 aromatic carbocycles. The van der Waals surface area contributed by atoms with Crippen LogP contribution in [0.15, 0.2) is 48.5 Å². The number of carboxylic acid groups (broad SMARTS) is 2. The lowest BCUT2D eigenvalue weighted by Gasteiger charge is -1.93. The summed E-state index contributed by atoms with van der Waals surface area (Å²) in [6.45, 7) is 0. The van der Waals surface area contributed by atoms with Crippen LogP contribution in [0.2, 0.25) is 0 Å². The van der Waals surface area contributed by atoms with Gasteiger partial charge in [0.25, 0.3) is 0 Å². The summed E-state index contributed by atoms with van der Waals surface area (Å²) in [7, 11) is 0. The largest absolute Gasteiger partial charge is 0.617 e. The molecule has 0 heterocycles. The molecule has 0 aliphatic heterocycles. The van der Waals surface area contributed by atoms with Gasteiger partial charge in [0, 0.05) is 11.4 Å². The number of benzene rings is 2. The number of nitrogen functional groups attached to an aromatic ring is 2. The molecular formula is C16H20N2O5S. The highest BCUT2D eigenvalue weighted by Gasteiger charge is 1.99. The van der Waals surface area contributed by atoms with Crippen LogP contribution in [0.25, 0.3) is 0 Å². The zero-order valence-electron chi connectivity index (χ0n) is 13.3. The van der Waals surface area contributed by atoms with E-state index in [1.165, 1.54) is 24.3 Å². The molecule has 0 amide bonds. The monoisotopic (exact) mass is 352 g/mol. The van der Waals surface area contributed by atoms with E-state index >= 15 is 0 Å². The van der Waals surface area contributed by atoms with E-state index in [9.17, 15) is 14.1 Å². The van der Waals surface area contributed by atoms with Crippen LogP contribution in [0.5, 0.6) is 0 Å². The van der Waals surface area contributed by atoms with Gasteiger partial charge in [-0.25, -0.2) is 9.59 Å². The third-order valence-electron chi connectivity index (χ3n) is 2.32. The molecule has 0 saturated heterocycles. The zero-order chi connectivity index (χ0) is 18.7. The van der Waals surface area contributed by atoms with Crippen molar-refractivity contribution >= 4 is 34.5 Å². The maximum absolute atomic E-state index is 10.3. The van der Waals surface area contributed by atoms with Gasteiger partial charge in [-0.2, -0.15) is 0 Å². The number of aromatic carboxylic acids is 2. The van der Waals surface area contributed by atoms with Crippen molar-refractivity contribution in [2.75, 3.05) is 24.0 Å². The predicted molar refractivity (Wildman–Crippen MR) is 95.6 cm³/mol. The third kappa shape index (κ3) is 10.1. The van der Waals surface area contributed by atoms with Crippen molar-refractivity contribution in [2.24, 2.45) is 0 Å². The number of carbonyl (C=O) groups is 2. The van der Waals surface area contributed by atoms with Crippen LogP contribution in [0.4, 0.5) is 11.4 Å². The molecule has 0 aliphatic carbocycles. The normalized spacial score (nSPS) is 9.17. The molecule has 0 radical (unpaired) electrons. The zero-order valence-corrected chi connectivity index (χ0v) is 14.1. The molecule has 0 bridgehead atoms. The predicted octanol–water partition coefficient (Wildman–Crippen LogP) is 1.93. The Morgan fingerprint density at radius 3 is 1.17 bits per heavy atom. The number of carboxylic acids is 2. The van der Waals surface area contributed by atoms with Gasteiger partial charge >= 0.3 is 11.9 Å². The smallest absolute Gasteiger partial charge is 0.335 e. The van der Waals surface area contributed by atoms with Crippen LogP contribution >= 0.6 is 0 Å². The highest BCUT2D eigenvalue weighted by Crippen LogP contribution is 2.05. The molecule has 0 fully saturated rings. The van der Waals surface area contributed by atoms with Crippen LogP contribution in [0.3, 0.4) is 0 Å². The fourth-order valence-corrected chi connectivity index (χ4v) is 1.25. The van der Waals surface area contributed by atoms with Crippen molar-refractivity contribution in [3.8, 4) is 0 Å². The number of nitrogens with two attached hydrogens (primary N) is 2. The molecule has 0 saturated carbocycles. The molecular weight excluding hydrogens is 332 g/mol. The quantitative estimate of drug-likeness (QED) is 0.476. The average molecular weight is 352 g/mol. The van der Waals surface area contributed by atoms with E-state index in [-0.39, 0.29) is 11.1 Å². The lowest BCUT2D eigenvalue weighted by atomic mass is 10.2. The van der Waals surface area contributed by atoms with Gasteiger partial charge < -0.3 is 26.2 Å². The van der Waals surface area contributed by atoms with E-state index in [1.807, 2.05) is 0 Å². The van der Waals surface area contributed by atoms with E-state index in [2.05, 4.69) is 0 Å². The number of hydrogen-bond donors (Lipinski definition) is 4. The van der Waals surface area contributed by atoms with E-state index in [0.717, 1.165) is 0 Å². The van der Waals surface area contributed by atoms with Gasteiger partial charge in [0.05, 0.1) is 23.6 Å². The second-order valence-corrected chi connectivity index (χ2v) is 6.08. The van der Waals surface area contributed by atoms with Crippen LogP contribution in [0.1, 0.15) is 20.7 Å². The minimum Gasteiger partial charge on any atom is -0.617 e. The minimum absolute atomic E-state index is 0.259. The standard InChI is InChI=1S/2C7H7NO2.C2H6OS/c2*8-6-3-1-5(2-4-6)7(9)10;1-4(2)3/h2*1-4H,8H2,(H,9,10);1-2H3. The number of hydrogen-bond acceptors (Lipinski definition) is 5. The Morgan fingerprint density at radius 1 is 0.792 bits per heavy atom. The van der Waals surface area contributed by atoms with Gasteiger partial charge in [-0.05, 0) is 48.5 Å². The first-order chi connectivity index (χ1) is 11.1. The van der Waals surface area contributed by atoms with E-state index in [4.69, 9.17) is 21.7 Å². The van der Waals surface area contributed by atoms with E-state index in [1.54, 1.807) is 36.8 Å². The van der Waals surface area contributed by atoms with Gasteiger partial charge in [0.15, 0.2) is 0 Å². The molecule has 7 nitrogen and oxygen atoms in total. The highest BCUT2D eigenvalue weighted by molar-refractivity contribution is 7.89. The molecule has 8 heteroatoms. The van der Waals surface area contributed by atoms with Gasteiger partial charge in [0.1, 0.15) is 0 Å². The summed E-state index contributed by atoms with van der Waals surface area (Å²) in [5.74, 6) is -1.86. The van der Waals surface area contributed by atoms with E-state index < -0.39 is 23.1 Å². The van der Waals surface area contributed by atoms with Gasteiger partial charge in [-0.15, -0.1) is 0 Å². The summed E-state index contributed by atoms with van der Waals surface area (Å²) >= 11 is -0.611.